The minimum absolute atomic E-state index is 0.226. The van der Waals surface area contributed by atoms with E-state index in [2.05, 4.69) is 51.4 Å². The number of benzene rings is 2. The third-order valence-corrected chi connectivity index (χ3v) is 5.06. The lowest BCUT2D eigenvalue weighted by atomic mass is 10.1. The minimum Gasteiger partial charge on any atom is -0.336 e. The van der Waals surface area contributed by atoms with Gasteiger partial charge in [0.25, 0.3) is 0 Å². The number of imidazole rings is 1. The summed E-state index contributed by atoms with van der Waals surface area (Å²) in [7, 11) is 0. The lowest BCUT2D eigenvalue weighted by Gasteiger charge is -2.12. The molecule has 2 amide bonds. The summed E-state index contributed by atoms with van der Waals surface area (Å²) in [5, 5.41) is 5.85. The molecule has 0 aliphatic rings. The molecule has 6 heteroatoms. The van der Waals surface area contributed by atoms with Crippen LogP contribution in [0.4, 0.5) is 10.5 Å². The number of rotatable bonds is 5. The highest BCUT2D eigenvalue weighted by Gasteiger charge is 2.13. The van der Waals surface area contributed by atoms with Crippen molar-refractivity contribution in [2.75, 3.05) is 11.9 Å². The van der Waals surface area contributed by atoms with Crippen LogP contribution >= 0.6 is 0 Å². The monoisotopic (exact) mass is 399 g/mol. The van der Waals surface area contributed by atoms with Crippen molar-refractivity contribution in [2.45, 2.75) is 27.3 Å². The van der Waals surface area contributed by atoms with Gasteiger partial charge >= 0.3 is 6.03 Å². The first-order chi connectivity index (χ1) is 14.5. The summed E-state index contributed by atoms with van der Waals surface area (Å²) in [6.07, 6.45) is 1.76. The number of hydrogen-bond acceptors (Lipinski definition) is 3. The standard InChI is InChI=1S/C24H25N5O/c1-16-6-9-19(10-7-16)22-27-21-5-4-12-25-23(21)29(22)14-13-26-24(30)28-20-11-8-17(2)15-18(20)3/h4-12,15H,13-14H2,1-3H3,(H2,26,28,30). The Morgan fingerprint density at radius 3 is 2.53 bits per heavy atom. The van der Waals surface area contributed by atoms with Crippen LogP contribution in [0.2, 0.25) is 0 Å². The molecule has 0 saturated heterocycles. The predicted octanol–water partition coefficient (Wildman–Crippen LogP) is 4.85. The van der Waals surface area contributed by atoms with Gasteiger partial charge in [-0.1, -0.05) is 47.5 Å². The molecule has 0 spiro atoms. The zero-order chi connectivity index (χ0) is 21.1. The Hall–Kier alpha value is -3.67. The number of carbonyl (C=O) groups excluding carboxylic acids is 1. The van der Waals surface area contributed by atoms with Crippen LogP contribution in [0, 0.1) is 20.8 Å². The number of carbonyl (C=O) groups is 1. The number of pyridine rings is 1. The summed E-state index contributed by atoms with van der Waals surface area (Å²) in [5.41, 5.74) is 6.89. The second-order valence-corrected chi connectivity index (χ2v) is 7.50. The van der Waals surface area contributed by atoms with Crippen LogP contribution in [0.5, 0.6) is 0 Å². The Balaban J connectivity index is 1.50. The van der Waals surface area contributed by atoms with Crippen molar-refractivity contribution in [3.8, 4) is 11.4 Å². The number of hydrogen-bond donors (Lipinski definition) is 2. The summed E-state index contributed by atoms with van der Waals surface area (Å²) in [4.78, 5) is 21.6. The summed E-state index contributed by atoms with van der Waals surface area (Å²) in [6.45, 7) is 7.10. The molecule has 0 saturated carbocycles. The summed E-state index contributed by atoms with van der Waals surface area (Å²) >= 11 is 0. The van der Waals surface area contributed by atoms with E-state index in [1.807, 2.05) is 44.2 Å². The highest BCUT2D eigenvalue weighted by atomic mass is 16.2. The lowest BCUT2D eigenvalue weighted by molar-refractivity contribution is 0.251. The molecule has 2 aromatic carbocycles. The van der Waals surface area contributed by atoms with Gasteiger partial charge in [0.15, 0.2) is 5.65 Å². The van der Waals surface area contributed by atoms with E-state index in [1.165, 1.54) is 11.1 Å². The van der Waals surface area contributed by atoms with Gasteiger partial charge in [0.2, 0.25) is 0 Å². The van der Waals surface area contributed by atoms with Crippen molar-refractivity contribution >= 4 is 22.9 Å². The van der Waals surface area contributed by atoms with Crippen LogP contribution in [0.3, 0.4) is 0 Å². The molecule has 0 atom stereocenters. The molecule has 4 aromatic rings. The van der Waals surface area contributed by atoms with Gasteiger partial charge in [-0.15, -0.1) is 0 Å². The Kier molecular flexibility index (Phi) is 5.48. The Morgan fingerprint density at radius 2 is 1.77 bits per heavy atom. The van der Waals surface area contributed by atoms with E-state index in [0.29, 0.717) is 13.1 Å². The predicted molar refractivity (Wildman–Crippen MR) is 121 cm³/mol. The van der Waals surface area contributed by atoms with E-state index in [-0.39, 0.29) is 6.03 Å². The van der Waals surface area contributed by atoms with E-state index in [9.17, 15) is 4.79 Å². The third-order valence-electron chi connectivity index (χ3n) is 5.06. The molecule has 2 N–H and O–H groups in total. The van der Waals surface area contributed by atoms with Crippen molar-refractivity contribution in [2.24, 2.45) is 0 Å². The Morgan fingerprint density at radius 1 is 1.00 bits per heavy atom. The lowest BCUT2D eigenvalue weighted by Crippen LogP contribution is -2.31. The fraction of sp³-hybridized carbons (Fsp3) is 0.208. The number of fused-ring (bicyclic) bond motifs is 1. The maximum absolute atomic E-state index is 12.4. The number of nitrogens with one attached hydrogen (secondary N) is 2. The summed E-state index contributed by atoms with van der Waals surface area (Å²) < 4.78 is 2.05. The second-order valence-electron chi connectivity index (χ2n) is 7.50. The molecule has 2 aromatic heterocycles. The van der Waals surface area contributed by atoms with Crippen LogP contribution in [0.1, 0.15) is 16.7 Å². The fourth-order valence-electron chi connectivity index (χ4n) is 3.49. The first-order valence-electron chi connectivity index (χ1n) is 10.0. The zero-order valence-electron chi connectivity index (χ0n) is 17.4. The van der Waals surface area contributed by atoms with Gasteiger partial charge in [-0.3, -0.25) is 0 Å². The minimum atomic E-state index is -0.226. The van der Waals surface area contributed by atoms with Crippen molar-refractivity contribution in [1.82, 2.24) is 19.9 Å². The van der Waals surface area contributed by atoms with E-state index < -0.39 is 0 Å². The quantitative estimate of drug-likeness (QED) is 0.504. The van der Waals surface area contributed by atoms with Gasteiger partial charge in [-0.05, 0) is 44.5 Å². The highest BCUT2D eigenvalue weighted by molar-refractivity contribution is 5.90. The van der Waals surface area contributed by atoms with E-state index in [0.717, 1.165) is 33.8 Å². The molecule has 0 aliphatic carbocycles. The number of anilines is 1. The number of nitrogens with zero attached hydrogens (tertiary/aromatic N) is 3. The number of amides is 2. The first-order valence-corrected chi connectivity index (χ1v) is 10.0. The summed E-state index contributed by atoms with van der Waals surface area (Å²) in [6, 6.07) is 17.8. The molecule has 30 heavy (non-hydrogen) atoms. The molecular formula is C24H25N5O. The molecule has 152 valence electrons. The average molecular weight is 399 g/mol. The highest BCUT2D eigenvalue weighted by Crippen LogP contribution is 2.24. The van der Waals surface area contributed by atoms with Crippen LogP contribution in [-0.4, -0.2) is 27.1 Å². The topological polar surface area (TPSA) is 71.8 Å². The van der Waals surface area contributed by atoms with Gasteiger partial charge < -0.3 is 15.2 Å². The smallest absolute Gasteiger partial charge is 0.319 e. The molecule has 6 nitrogen and oxygen atoms in total. The van der Waals surface area contributed by atoms with Crippen LogP contribution < -0.4 is 10.6 Å². The molecule has 0 radical (unpaired) electrons. The van der Waals surface area contributed by atoms with Gasteiger partial charge in [0.1, 0.15) is 11.3 Å². The normalized spacial score (nSPS) is 10.9. The van der Waals surface area contributed by atoms with Crippen molar-refractivity contribution in [1.29, 1.82) is 0 Å². The summed E-state index contributed by atoms with van der Waals surface area (Å²) in [5.74, 6) is 0.847. The molecule has 4 rings (SSSR count). The molecule has 2 heterocycles. The number of aromatic nitrogens is 3. The Labute approximate surface area is 176 Å². The Bertz CT molecular complexity index is 1190. The first kappa shape index (κ1) is 19.6. The molecule has 0 aliphatic heterocycles. The molecule has 0 unspecified atom stereocenters. The van der Waals surface area contributed by atoms with Crippen molar-refractivity contribution < 1.29 is 4.79 Å². The van der Waals surface area contributed by atoms with Crippen molar-refractivity contribution in [3.63, 3.8) is 0 Å². The largest absolute Gasteiger partial charge is 0.336 e. The average Bonchev–Trinajstić information content (AvgIpc) is 3.09. The SMILES string of the molecule is Cc1ccc(-c2nc3cccnc3n2CCNC(=O)Nc2ccc(C)cc2C)cc1. The van der Waals surface area contributed by atoms with Crippen LogP contribution in [-0.2, 0) is 6.54 Å². The maximum Gasteiger partial charge on any atom is 0.319 e. The molecule has 0 bridgehead atoms. The second kappa shape index (κ2) is 8.37. The maximum atomic E-state index is 12.4. The van der Waals surface area contributed by atoms with E-state index >= 15 is 0 Å². The molecular weight excluding hydrogens is 374 g/mol. The number of aryl methyl sites for hydroxylation is 3. The zero-order valence-corrected chi connectivity index (χ0v) is 17.4. The van der Waals surface area contributed by atoms with Gasteiger partial charge in [0, 0.05) is 30.5 Å². The molecule has 0 fully saturated rings. The van der Waals surface area contributed by atoms with Crippen molar-refractivity contribution in [3.05, 3.63) is 77.5 Å². The fourth-order valence-corrected chi connectivity index (χ4v) is 3.49. The van der Waals surface area contributed by atoms with E-state index in [4.69, 9.17) is 4.98 Å². The van der Waals surface area contributed by atoms with E-state index in [1.54, 1.807) is 6.20 Å². The van der Waals surface area contributed by atoms with Gasteiger partial charge in [0.05, 0.1) is 0 Å². The van der Waals surface area contributed by atoms with Gasteiger partial charge in [-0.25, -0.2) is 14.8 Å². The third kappa shape index (κ3) is 4.17. The van der Waals surface area contributed by atoms with Gasteiger partial charge in [-0.2, -0.15) is 0 Å². The van der Waals surface area contributed by atoms with Crippen LogP contribution in [0.25, 0.3) is 22.6 Å². The van der Waals surface area contributed by atoms with Crippen LogP contribution in [0.15, 0.2) is 60.8 Å². The number of urea groups is 1.